The van der Waals surface area contributed by atoms with Gasteiger partial charge < -0.3 is 24.3 Å². The molecule has 6 heteroatoms. The number of nitrogens with one attached hydrogen (secondary N) is 1. The zero-order valence-corrected chi connectivity index (χ0v) is 14.4. The monoisotopic (exact) mass is 312 g/mol. The van der Waals surface area contributed by atoms with E-state index in [0.29, 0.717) is 6.54 Å². The number of hydrogen-bond donors (Lipinski definition) is 2. The third-order valence-corrected chi connectivity index (χ3v) is 6.32. The Kier molecular flexibility index (Phi) is 8.75. The van der Waals surface area contributed by atoms with E-state index in [-0.39, 0.29) is 0 Å². The molecule has 0 saturated carbocycles. The molecule has 120 valence electrons. The second-order valence-electron chi connectivity index (χ2n) is 4.90. The summed E-state index contributed by atoms with van der Waals surface area (Å²) in [5.74, 6) is 0. The number of benzene rings is 1. The molecular weight excluding hydrogens is 284 g/mol. The summed E-state index contributed by atoms with van der Waals surface area (Å²) in [5.41, 5.74) is 8.05. The van der Waals surface area contributed by atoms with Gasteiger partial charge in [0.2, 0.25) is 0 Å². The van der Waals surface area contributed by atoms with Gasteiger partial charge in [-0.25, -0.2) is 0 Å². The molecule has 0 aromatic heterocycles. The van der Waals surface area contributed by atoms with Gasteiger partial charge in [0, 0.05) is 40.5 Å². The summed E-state index contributed by atoms with van der Waals surface area (Å²) in [6.07, 6.45) is 1.92. The van der Waals surface area contributed by atoms with E-state index in [2.05, 4.69) is 29.6 Å². The zero-order chi connectivity index (χ0) is 15.6. The summed E-state index contributed by atoms with van der Waals surface area (Å²) in [7, 11) is 2.48. The smallest absolute Gasteiger partial charge is 0.377 e. The lowest BCUT2D eigenvalue weighted by Crippen LogP contribution is -2.43. The van der Waals surface area contributed by atoms with E-state index in [1.165, 1.54) is 11.1 Å². The van der Waals surface area contributed by atoms with Gasteiger partial charge in [0.25, 0.3) is 0 Å². The van der Waals surface area contributed by atoms with E-state index in [4.69, 9.17) is 19.0 Å². The van der Waals surface area contributed by atoms with Crippen LogP contribution in [0, 0.1) is 0 Å². The largest absolute Gasteiger partial charge is 0.500 e. The number of rotatable bonds is 11. The van der Waals surface area contributed by atoms with Gasteiger partial charge in [-0.2, -0.15) is 0 Å². The molecule has 0 spiro atoms. The molecule has 3 N–H and O–H groups in total. The molecule has 1 rings (SSSR count). The lowest BCUT2D eigenvalue weighted by atomic mass is 10.1. The van der Waals surface area contributed by atoms with E-state index in [0.717, 1.165) is 32.0 Å². The molecule has 0 amide bonds. The molecule has 1 aromatic carbocycles. The Morgan fingerprint density at radius 3 is 1.90 bits per heavy atom. The van der Waals surface area contributed by atoms with Crippen LogP contribution < -0.4 is 11.1 Å². The van der Waals surface area contributed by atoms with Crippen molar-refractivity contribution in [2.75, 3.05) is 41.0 Å². The summed E-state index contributed by atoms with van der Waals surface area (Å²) in [6, 6.07) is 9.47. The summed E-state index contributed by atoms with van der Waals surface area (Å²) in [6.45, 7) is 2.52. The zero-order valence-electron chi connectivity index (χ0n) is 13.4. The van der Waals surface area contributed by atoms with Crippen molar-refractivity contribution in [2.45, 2.75) is 18.9 Å². The molecule has 1 aromatic rings. The van der Waals surface area contributed by atoms with Crippen molar-refractivity contribution in [1.29, 1.82) is 0 Å². The van der Waals surface area contributed by atoms with E-state index in [1.807, 2.05) is 0 Å². The molecule has 5 nitrogen and oxygen atoms in total. The van der Waals surface area contributed by atoms with Crippen molar-refractivity contribution in [3.63, 3.8) is 0 Å². The van der Waals surface area contributed by atoms with Gasteiger partial charge in [-0.05, 0) is 30.5 Å². The summed E-state index contributed by atoms with van der Waals surface area (Å²) < 4.78 is 16.3. The van der Waals surface area contributed by atoms with Crippen molar-refractivity contribution in [2.24, 2.45) is 5.73 Å². The number of nitrogens with two attached hydrogens (primary N) is 1. The van der Waals surface area contributed by atoms with Crippen LogP contribution in [0.3, 0.4) is 0 Å². The second-order valence-corrected chi connectivity index (χ2v) is 7.99. The fourth-order valence-corrected chi connectivity index (χ4v) is 3.89. The van der Waals surface area contributed by atoms with E-state index in [1.54, 1.807) is 21.3 Å². The van der Waals surface area contributed by atoms with Crippen LogP contribution in [0.4, 0.5) is 0 Å². The summed E-state index contributed by atoms with van der Waals surface area (Å²) in [5, 5.41) is 3.30. The Bertz CT molecular complexity index is 375. The van der Waals surface area contributed by atoms with E-state index >= 15 is 0 Å². The summed E-state index contributed by atoms with van der Waals surface area (Å²) in [4.78, 5) is 0. The number of aryl methyl sites for hydroxylation is 1. The van der Waals surface area contributed by atoms with Crippen LogP contribution in [0.15, 0.2) is 24.3 Å². The standard InChI is InChI=1S/C15H28N2O3Si/c1-18-21(19-2,20-3)13-9-15-6-4-14(5-7-15)8-11-17-12-10-16/h4-7,17H,8-13,16H2,1-3H3. The highest BCUT2D eigenvalue weighted by molar-refractivity contribution is 6.60. The Morgan fingerprint density at radius 2 is 1.43 bits per heavy atom. The first kappa shape index (κ1) is 18.3. The molecular formula is C15H28N2O3Si. The fourth-order valence-electron chi connectivity index (χ4n) is 2.19. The third kappa shape index (κ3) is 6.25. The van der Waals surface area contributed by atoms with Gasteiger partial charge in [0.05, 0.1) is 0 Å². The minimum atomic E-state index is -2.47. The van der Waals surface area contributed by atoms with E-state index < -0.39 is 8.80 Å². The average Bonchev–Trinajstić information content (AvgIpc) is 2.55. The molecule has 0 heterocycles. The van der Waals surface area contributed by atoms with Crippen LogP contribution in [0.1, 0.15) is 11.1 Å². The highest BCUT2D eigenvalue weighted by Crippen LogP contribution is 2.17. The maximum absolute atomic E-state index is 5.44. The SMILES string of the molecule is CO[Si](CCc1ccc(CCNCCN)cc1)(OC)OC. The maximum Gasteiger partial charge on any atom is 0.500 e. The van der Waals surface area contributed by atoms with Crippen LogP contribution in [-0.4, -0.2) is 49.8 Å². The Hall–Kier alpha value is -0.763. The van der Waals surface area contributed by atoms with Crippen LogP contribution >= 0.6 is 0 Å². The second kappa shape index (κ2) is 10.0. The van der Waals surface area contributed by atoms with Gasteiger partial charge in [-0.3, -0.25) is 0 Å². The number of hydrogen-bond acceptors (Lipinski definition) is 5. The lowest BCUT2D eigenvalue weighted by molar-refractivity contribution is 0.123. The molecule has 0 bridgehead atoms. The van der Waals surface area contributed by atoms with Gasteiger partial charge in [-0.1, -0.05) is 24.3 Å². The quantitative estimate of drug-likeness (QED) is 0.475. The molecule has 0 fully saturated rings. The van der Waals surface area contributed by atoms with Gasteiger partial charge in [-0.15, -0.1) is 0 Å². The van der Waals surface area contributed by atoms with Crippen LogP contribution in [0.25, 0.3) is 0 Å². The first-order chi connectivity index (χ1) is 10.2. The first-order valence-corrected chi connectivity index (χ1v) is 9.27. The van der Waals surface area contributed by atoms with Crippen molar-refractivity contribution in [1.82, 2.24) is 5.32 Å². The minimum Gasteiger partial charge on any atom is -0.377 e. The van der Waals surface area contributed by atoms with Crippen molar-refractivity contribution >= 4 is 8.80 Å². The molecule has 0 aliphatic carbocycles. The van der Waals surface area contributed by atoms with Crippen molar-refractivity contribution < 1.29 is 13.3 Å². The molecule has 0 aliphatic heterocycles. The van der Waals surface area contributed by atoms with Crippen molar-refractivity contribution in [3.05, 3.63) is 35.4 Å². The molecule has 0 saturated heterocycles. The first-order valence-electron chi connectivity index (χ1n) is 7.33. The minimum absolute atomic E-state index is 0.684. The van der Waals surface area contributed by atoms with Crippen molar-refractivity contribution in [3.8, 4) is 0 Å². The predicted octanol–water partition coefficient (Wildman–Crippen LogP) is 1.20. The molecule has 0 unspecified atom stereocenters. The van der Waals surface area contributed by atoms with Gasteiger partial charge in [0.15, 0.2) is 0 Å². The van der Waals surface area contributed by atoms with Crippen LogP contribution in [0.5, 0.6) is 0 Å². The van der Waals surface area contributed by atoms with Gasteiger partial charge in [0.1, 0.15) is 0 Å². The third-order valence-electron chi connectivity index (χ3n) is 3.59. The average molecular weight is 312 g/mol. The molecule has 0 atom stereocenters. The Balaban J connectivity index is 2.43. The summed E-state index contributed by atoms with van der Waals surface area (Å²) >= 11 is 0. The topological polar surface area (TPSA) is 65.7 Å². The normalized spacial score (nSPS) is 11.8. The van der Waals surface area contributed by atoms with Crippen LogP contribution in [-0.2, 0) is 26.1 Å². The Morgan fingerprint density at radius 1 is 0.905 bits per heavy atom. The molecule has 0 radical (unpaired) electrons. The lowest BCUT2D eigenvalue weighted by Gasteiger charge is -2.24. The molecule has 21 heavy (non-hydrogen) atoms. The van der Waals surface area contributed by atoms with E-state index in [9.17, 15) is 0 Å². The highest BCUT2D eigenvalue weighted by atomic mass is 28.4. The van der Waals surface area contributed by atoms with Gasteiger partial charge >= 0.3 is 8.80 Å². The van der Waals surface area contributed by atoms with Crippen LogP contribution in [0.2, 0.25) is 6.04 Å². The predicted molar refractivity (Wildman–Crippen MR) is 87.4 cm³/mol. The highest BCUT2D eigenvalue weighted by Gasteiger charge is 2.36. The maximum atomic E-state index is 5.44. The molecule has 0 aliphatic rings. The Labute approximate surface area is 129 Å². The fraction of sp³-hybridized carbons (Fsp3) is 0.600.